The molecule has 25 heavy (non-hydrogen) atoms. The fourth-order valence-electron chi connectivity index (χ4n) is 2.81. The number of nitrogens with one attached hydrogen (secondary N) is 2. The van der Waals surface area contributed by atoms with Crippen molar-refractivity contribution in [3.8, 4) is 11.4 Å². The van der Waals surface area contributed by atoms with Gasteiger partial charge in [-0.1, -0.05) is 20.8 Å². The van der Waals surface area contributed by atoms with Crippen LogP contribution in [0.2, 0.25) is 0 Å². The smallest absolute Gasteiger partial charge is 0.254 e. The summed E-state index contributed by atoms with van der Waals surface area (Å²) >= 11 is 0. The molecule has 0 aliphatic heterocycles. The molecule has 0 saturated heterocycles. The van der Waals surface area contributed by atoms with Gasteiger partial charge in [-0.2, -0.15) is 0 Å². The first-order chi connectivity index (χ1) is 11.9. The number of hydrogen-bond acceptors (Lipinski definition) is 4. The summed E-state index contributed by atoms with van der Waals surface area (Å²) in [7, 11) is 0. The first kappa shape index (κ1) is 18.8. The maximum absolute atomic E-state index is 12.4. The maximum Gasteiger partial charge on any atom is 0.254 e. The van der Waals surface area contributed by atoms with Crippen LogP contribution in [-0.2, 0) is 11.2 Å². The zero-order chi connectivity index (χ0) is 18.4. The van der Waals surface area contributed by atoms with Crippen LogP contribution in [-0.4, -0.2) is 26.9 Å². The van der Waals surface area contributed by atoms with E-state index in [-0.39, 0.29) is 23.9 Å². The Bertz CT molecular complexity index is 769. The van der Waals surface area contributed by atoms with Crippen molar-refractivity contribution < 1.29 is 4.79 Å². The Kier molecular flexibility index (Phi) is 6.44. The van der Waals surface area contributed by atoms with E-state index in [0.29, 0.717) is 29.4 Å². The van der Waals surface area contributed by atoms with Gasteiger partial charge in [0.1, 0.15) is 5.82 Å². The normalized spacial score (nSPS) is 12.2. The van der Waals surface area contributed by atoms with Gasteiger partial charge in [-0.3, -0.25) is 14.6 Å². The van der Waals surface area contributed by atoms with Crippen molar-refractivity contribution in [3.63, 3.8) is 0 Å². The van der Waals surface area contributed by atoms with Gasteiger partial charge in [0.05, 0.1) is 0 Å². The first-order valence-electron chi connectivity index (χ1n) is 8.72. The highest BCUT2D eigenvalue weighted by Crippen LogP contribution is 2.13. The van der Waals surface area contributed by atoms with Crippen LogP contribution in [0, 0.1) is 12.8 Å². The van der Waals surface area contributed by atoms with E-state index in [1.54, 1.807) is 31.5 Å². The summed E-state index contributed by atoms with van der Waals surface area (Å²) in [6.45, 7) is 8.04. The molecule has 1 amide bonds. The van der Waals surface area contributed by atoms with E-state index in [9.17, 15) is 9.59 Å². The number of carbonyl (C=O) groups is 1. The Labute approximate surface area is 148 Å². The molecule has 0 aliphatic rings. The first-order valence-corrected chi connectivity index (χ1v) is 8.72. The average molecular weight is 342 g/mol. The minimum Gasteiger partial charge on any atom is -0.353 e. The number of aromatic nitrogens is 3. The fraction of sp³-hybridized carbons (Fsp3) is 0.474. The number of rotatable bonds is 7. The Hall–Kier alpha value is -2.50. The van der Waals surface area contributed by atoms with Crippen LogP contribution in [0.3, 0.4) is 0 Å². The van der Waals surface area contributed by atoms with Crippen molar-refractivity contribution in [3.05, 3.63) is 46.1 Å². The zero-order valence-corrected chi connectivity index (χ0v) is 15.3. The Morgan fingerprint density at radius 2 is 1.96 bits per heavy atom. The summed E-state index contributed by atoms with van der Waals surface area (Å²) < 4.78 is 0. The predicted molar refractivity (Wildman–Crippen MR) is 98.2 cm³/mol. The van der Waals surface area contributed by atoms with Gasteiger partial charge in [0.25, 0.3) is 5.56 Å². The Morgan fingerprint density at radius 3 is 2.52 bits per heavy atom. The van der Waals surface area contributed by atoms with Crippen molar-refractivity contribution in [1.82, 2.24) is 20.3 Å². The highest BCUT2D eigenvalue weighted by Gasteiger charge is 2.16. The molecule has 1 unspecified atom stereocenters. The monoisotopic (exact) mass is 342 g/mol. The van der Waals surface area contributed by atoms with Crippen molar-refractivity contribution in [2.75, 3.05) is 0 Å². The van der Waals surface area contributed by atoms with Crippen LogP contribution in [0.25, 0.3) is 11.4 Å². The van der Waals surface area contributed by atoms with E-state index >= 15 is 0 Å². The Morgan fingerprint density at radius 1 is 1.28 bits per heavy atom. The second-order valence-corrected chi connectivity index (χ2v) is 6.54. The lowest BCUT2D eigenvalue weighted by Crippen LogP contribution is -2.38. The van der Waals surface area contributed by atoms with Crippen LogP contribution in [0.5, 0.6) is 0 Å². The lowest BCUT2D eigenvalue weighted by Gasteiger charge is -2.20. The van der Waals surface area contributed by atoms with Crippen LogP contribution in [0.4, 0.5) is 0 Å². The largest absolute Gasteiger partial charge is 0.353 e. The number of H-pyrrole nitrogens is 1. The molecule has 134 valence electrons. The molecule has 2 aromatic heterocycles. The topological polar surface area (TPSA) is 87.7 Å². The number of aryl methyl sites for hydroxylation is 1. The minimum absolute atomic E-state index is 0.0300. The lowest BCUT2D eigenvalue weighted by atomic mass is 10.0. The number of pyridine rings is 1. The molecule has 0 aliphatic carbocycles. The highest BCUT2D eigenvalue weighted by molar-refractivity contribution is 5.76. The van der Waals surface area contributed by atoms with Gasteiger partial charge >= 0.3 is 0 Å². The summed E-state index contributed by atoms with van der Waals surface area (Å²) in [6.07, 6.45) is 4.86. The quantitative estimate of drug-likeness (QED) is 0.809. The van der Waals surface area contributed by atoms with E-state index < -0.39 is 0 Å². The number of hydrogen-bond donors (Lipinski definition) is 2. The minimum atomic E-state index is -0.192. The SMILES string of the molecule is CCC(NC(=O)CCc1c(C)nc(-c2ccncc2)[nH]c1=O)C(C)C. The molecule has 0 fully saturated rings. The van der Waals surface area contributed by atoms with E-state index in [1.807, 2.05) is 0 Å². The Balaban J connectivity index is 2.08. The van der Waals surface area contributed by atoms with Crippen LogP contribution < -0.4 is 10.9 Å². The van der Waals surface area contributed by atoms with E-state index in [4.69, 9.17) is 0 Å². The number of aromatic amines is 1. The van der Waals surface area contributed by atoms with Gasteiger partial charge in [-0.05, 0) is 37.8 Å². The number of carbonyl (C=O) groups excluding carboxylic acids is 1. The molecular weight excluding hydrogens is 316 g/mol. The molecule has 0 saturated carbocycles. The molecule has 2 rings (SSSR count). The van der Waals surface area contributed by atoms with Crippen LogP contribution in [0.1, 0.15) is 44.9 Å². The molecule has 2 aromatic rings. The standard InChI is InChI=1S/C19H26N4O2/c1-5-16(12(2)3)22-17(24)7-6-15-13(4)21-18(23-19(15)25)14-8-10-20-11-9-14/h8-12,16H,5-7H2,1-4H3,(H,22,24)(H,21,23,25). The summed E-state index contributed by atoms with van der Waals surface area (Å²) in [6, 6.07) is 3.75. The van der Waals surface area contributed by atoms with Crippen molar-refractivity contribution in [2.45, 2.75) is 53.0 Å². The van der Waals surface area contributed by atoms with E-state index in [2.05, 4.69) is 41.0 Å². The van der Waals surface area contributed by atoms with E-state index in [0.717, 1.165) is 12.0 Å². The molecular formula is C19H26N4O2. The van der Waals surface area contributed by atoms with Crippen LogP contribution >= 0.6 is 0 Å². The third kappa shape index (κ3) is 4.98. The van der Waals surface area contributed by atoms with Gasteiger partial charge in [0, 0.05) is 41.7 Å². The molecule has 2 N–H and O–H groups in total. The summed E-state index contributed by atoms with van der Waals surface area (Å²) in [5, 5.41) is 3.03. The number of amides is 1. The van der Waals surface area contributed by atoms with Gasteiger partial charge in [0.2, 0.25) is 5.91 Å². The molecule has 0 radical (unpaired) electrons. The van der Waals surface area contributed by atoms with Crippen LogP contribution in [0.15, 0.2) is 29.3 Å². The molecule has 0 spiro atoms. The third-order valence-corrected chi connectivity index (χ3v) is 4.37. The molecule has 6 heteroatoms. The van der Waals surface area contributed by atoms with Crippen molar-refractivity contribution in [1.29, 1.82) is 0 Å². The van der Waals surface area contributed by atoms with Crippen molar-refractivity contribution in [2.24, 2.45) is 5.92 Å². The fourth-order valence-corrected chi connectivity index (χ4v) is 2.81. The average Bonchev–Trinajstić information content (AvgIpc) is 2.59. The second-order valence-electron chi connectivity index (χ2n) is 6.54. The lowest BCUT2D eigenvalue weighted by molar-refractivity contribution is -0.122. The van der Waals surface area contributed by atoms with Crippen molar-refractivity contribution >= 4 is 5.91 Å². The predicted octanol–water partition coefficient (Wildman–Crippen LogP) is 2.62. The van der Waals surface area contributed by atoms with Gasteiger partial charge in [-0.15, -0.1) is 0 Å². The molecule has 0 aromatic carbocycles. The summed E-state index contributed by atoms with van der Waals surface area (Å²) in [4.78, 5) is 35.8. The summed E-state index contributed by atoms with van der Waals surface area (Å²) in [5.74, 6) is 0.877. The molecule has 2 heterocycles. The second kappa shape index (κ2) is 8.55. The van der Waals surface area contributed by atoms with E-state index in [1.165, 1.54) is 0 Å². The summed E-state index contributed by atoms with van der Waals surface area (Å²) in [5.41, 5.74) is 1.83. The van der Waals surface area contributed by atoms with Gasteiger partial charge in [-0.25, -0.2) is 4.98 Å². The molecule has 6 nitrogen and oxygen atoms in total. The zero-order valence-electron chi connectivity index (χ0n) is 15.3. The number of nitrogens with zero attached hydrogens (tertiary/aromatic N) is 2. The molecule has 1 atom stereocenters. The van der Waals surface area contributed by atoms with Gasteiger partial charge < -0.3 is 10.3 Å². The highest BCUT2D eigenvalue weighted by atomic mass is 16.1. The maximum atomic E-state index is 12.4. The molecule has 0 bridgehead atoms. The third-order valence-electron chi connectivity index (χ3n) is 4.37. The van der Waals surface area contributed by atoms with Gasteiger partial charge in [0.15, 0.2) is 0 Å².